The molecule has 5 heterocycles. The van der Waals surface area contributed by atoms with Crippen molar-refractivity contribution in [2.24, 2.45) is 5.73 Å². The molecule has 0 bridgehead atoms. The minimum atomic E-state index is -0.759. The number of hydrogen-bond donors (Lipinski definition) is 2. The van der Waals surface area contributed by atoms with E-state index in [0.717, 1.165) is 25.8 Å². The maximum atomic E-state index is 13.3. The minimum Gasteiger partial charge on any atom is -0.382 e. The third-order valence-corrected chi connectivity index (χ3v) is 7.91. The molecule has 37 heavy (non-hydrogen) atoms. The number of nitrogen functional groups attached to an aromatic ring is 1. The molecular formula is C24H29Cl2N9O2. The minimum absolute atomic E-state index is 0.0200. The molecule has 13 heteroatoms. The lowest BCUT2D eigenvalue weighted by Crippen LogP contribution is -2.58. The number of aromatic nitrogens is 4. The Balaban J connectivity index is 1.24. The zero-order chi connectivity index (χ0) is 26.3. The molecule has 0 aliphatic carbocycles. The number of halogens is 2. The van der Waals surface area contributed by atoms with Crippen molar-refractivity contribution >= 4 is 52.3 Å². The molecular weight excluding hydrogens is 517 g/mol. The van der Waals surface area contributed by atoms with Crippen LogP contribution in [0.4, 0.5) is 11.6 Å². The number of fused-ring (bicyclic) bond motifs is 1. The van der Waals surface area contributed by atoms with Crippen LogP contribution in [0, 0.1) is 0 Å². The number of imidazole rings is 1. The van der Waals surface area contributed by atoms with Crippen LogP contribution in [0.15, 0.2) is 24.5 Å². The average molecular weight is 546 g/mol. The van der Waals surface area contributed by atoms with Crippen LogP contribution in [0.1, 0.15) is 47.0 Å². The fraction of sp³-hybridized carbons (Fsp3) is 0.458. The van der Waals surface area contributed by atoms with Crippen molar-refractivity contribution in [1.29, 1.82) is 0 Å². The van der Waals surface area contributed by atoms with Gasteiger partial charge in [-0.15, -0.1) is 0 Å². The molecule has 11 nitrogen and oxygen atoms in total. The SMILES string of the molecule is CC[C@H]1CN(c2nc(N)c(C(N)=O)nc2Cl)CCN1C1CCN(C(=O)c2ccc(Cl)n3ccnc23)CC1. The summed E-state index contributed by atoms with van der Waals surface area (Å²) in [6, 6.07) is 4.13. The molecule has 1 atom stereocenters. The number of pyridine rings is 1. The van der Waals surface area contributed by atoms with Gasteiger partial charge >= 0.3 is 0 Å². The van der Waals surface area contributed by atoms with Gasteiger partial charge in [0.15, 0.2) is 28.1 Å². The second-order valence-corrected chi connectivity index (χ2v) is 10.1. The van der Waals surface area contributed by atoms with Crippen LogP contribution in [0.2, 0.25) is 10.3 Å². The standard InChI is InChI=1S/C24H29Cl2N9O2/c1-2-14-13-33(23-19(26)30-18(21(28)36)20(27)31-23)11-12-34(14)15-5-8-32(9-6-15)24(37)16-3-4-17(25)35-10-7-29-22(16)35/h3-4,7,10,14-15H,2,5-6,8-9,11-13H2,1H3,(H2,27,31)(H2,28,36)/t14-/m0/s1. The summed E-state index contributed by atoms with van der Waals surface area (Å²) < 4.78 is 1.72. The zero-order valence-corrected chi connectivity index (χ0v) is 22.0. The first-order valence-electron chi connectivity index (χ1n) is 12.3. The highest BCUT2D eigenvalue weighted by Gasteiger charge is 2.35. The normalized spacial score (nSPS) is 19.5. The third kappa shape index (κ3) is 4.78. The number of amides is 2. The van der Waals surface area contributed by atoms with Crippen LogP contribution in [0.25, 0.3) is 5.65 Å². The second kappa shape index (κ2) is 10.3. The van der Waals surface area contributed by atoms with Gasteiger partial charge in [0.1, 0.15) is 5.15 Å². The van der Waals surface area contributed by atoms with Gasteiger partial charge in [-0.2, -0.15) is 0 Å². The van der Waals surface area contributed by atoms with E-state index < -0.39 is 5.91 Å². The Morgan fingerprint density at radius 2 is 1.86 bits per heavy atom. The first-order valence-corrected chi connectivity index (χ1v) is 13.1. The summed E-state index contributed by atoms with van der Waals surface area (Å²) >= 11 is 12.6. The summed E-state index contributed by atoms with van der Waals surface area (Å²) in [5, 5.41) is 0.637. The maximum Gasteiger partial charge on any atom is 0.271 e. The number of rotatable bonds is 5. The highest BCUT2D eigenvalue weighted by atomic mass is 35.5. The average Bonchev–Trinajstić information content (AvgIpc) is 3.40. The fourth-order valence-corrected chi connectivity index (χ4v) is 5.87. The first kappa shape index (κ1) is 25.5. The molecule has 2 amide bonds. The number of carbonyl (C=O) groups is 2. The summed E-state index contributed by atoms with van der Waals surface area (Å²) in [5.41, 5.74) is 12.2. The van der Waals surface area contributed by atoms with Gasteiger partial charge in [0.25, 0.3) is 11.8 Å². The lowest BCUT2D eigenvalue weighted by Gasteiger charge is -2.47. The third-order valence-electron chi connectivity index (χ3n) is 7.35. The Morgan fingerprint density at radius 3 is 2.57 bits per heavy atom. The number of likely N-dealkylation sites (tertiary alicyclic amines) is 1. The topological polar surface area (TPSA) is 139 Å². The van der Waals surface area contributed by atoms with Gasteiger partial charge in [0.2, 0.25) is 0 Å². The zero-order valence-electron chi connectivity index (χ0n) is 20.5. The largest absolute Gasteiger partial charge is 0.382 e. The Labute approximate surface area is 224 Å². The molecule has 5 rings (SSSR count). The Hall–Kier alpha value is -3.15. The van der Waals surface area contributed by atoms with E-state index in [0.29, 0.717) is 54.4 Å². The van der Waals surface area contributed by atoms with E-state index in [1.54, 1.807) is 28.9 Å². The maximum absolute atomic E-state index is 13.3. The first-order chi connectivity index (χ1) is 17.8. The van der Waals surface area contributed by atoms with Gasteiger partial charge < -0.3 is 21.3 Å². The molecule has 2 aliphatic rings. The van der Waals surface area contributed by atoms with Crippen LogP contribution in [-0.2, 0) is 0 Å². The van der Waals surface area contributed by atoms with Crippen molar-refractivity contribution in [3.63, 3.8) is 0 Å². The molecule has 196 valence electrons. The molecule has 0 saturated carbocycles. The van der Waals surface area contributed by atoms with Crippen LogP contribution >= 0.6 is 23.2 Å². The van der Waals surface area contributed by atoms with Crippen LogP contribution in [0.5, 0.6) is 0 Å². The van der Waals surface area contributed by atoms with Crippen molar-refractivity contribution < 1.29 is 9.59 Å². The molecule has 2 fully saturated rings. The van der Waals surface area contributed by atoms with Gasteiger partial charge in [-0.1, -0.05) is 30.1 Å². The molecule has 0 spiro atoms. The van der Waals surface area contributed by atoms with E-state index in [1.807, 2.05) is 4.90 Å². The molecule has 2 saturated heterocycles. The lowest BCUT2D eigenvalue weighted by atomic mass is 9.97. The van der Waals surface area contributed by atoms with E-state index >= 15 is 0 Å². The molecule has 2 aliphatic heterocycles. The number of piperazine rings is 1. The lowest BCUT2D eigenvalue weighted by molar-refractivity contribution is 0.0491. The number of nitrogens with zero attached hydrogens (tertiary/aromatic N) is 7. The predicted octanol–water partition coefficient (Wildman–Crippen LogP) is 2.32. The monoisotopic (exact) mass is 545 g/mol. The van der Waals surface area contributed by atoms with Gasteiger partial charge in [0, 0.05) is 57.2 Å². The number of hydrogen-bond acceptors (Lipinski definition) is 8. The van der Waals surface area contributed by atoms with Gasteiger partial charge in [-0.3, -0.25) is 18.9 Å². The van der Waals surface area contributed by atoms with Crippen molar-refractivity contribution in [2.45, 2.75) is 38.3 Å². The van der Waals surface area contributed by atoms with Gasteiger partial charge in [-0.05, 0) is 31.4 Å². The highest BCUT2D eigenvalue weighted by molar-refractivity contribution is 6.32. The number of carbonyl (C=O) groups excluding carboxylic acids is 2. The summed E-state index contributed by atoms with van der Waals surface area (Å²) in [6.07, 6.45) is 6.12. The molecule has 3 aromatic heterocycles. The summed E-state index contributed by atoms with van der Waals surface area (Å²) in [6.45, 7) is 5.74. The number of anilines is 2. The van der Waals surface area contributed by atoms with Crippen molar-refractivity contribution in [3.05, 3.63) is 46.1 Å². The van der Waals surface area contributed by atoms with Gasteiger partial charge in [0.05, 0.1) is 5.56 Å². The van der Waals surface area contributed by atoms with E-state index in [-0.39, 0.29) is 28.6 Å². The number of nitrogens with two attached hydrogens (primary N) is 2. The van der Waals surface area contributed by atoms with Crippen molar-refractivity contribution in [2.75, 3.05) is 43.4 Å². The molecule has 0 aromatic carbocycles. The van der Waals surface area contributed by atoms with Crippen LogP contribution in [0.3, 0.4) is 0 Å². The van der Waals surface area contributed by atoms with Crippen LogP contribution in [-0.4, -0.2) is 85.8 Å². The molecule has 0 radical (unpaired) electrons. The fourth-order valence-electron chi connectivity index (χ4n) is 5.43. The molecule has 3 aromatic rings. The molecule has 4 N–H and O–H groups in total. The molecule has 0 unspecified atom stereocenters. The van der Waals surface area contributed by atoms with E-state index in [9.17, 15) is 9.59 Å². The number of piperidine rings is 1. The van der Waals surface area contributed by atoms with Gasteiger partial charge in [-0.25, -0.2) is 15.0 Å². The Kier molecular flexibility index (Phi) is 7.11. The Bertz CT molecular complexity index is 1340. The van der Waals surface area contributed by atoms with E-state index in [2.05, 4.69) is 31.7 Å². The Morgan fingerprint density at radius 1 is 1.11 bits per heavy atom. The van der Waals surface area contributed by atoms with Crippen molar-refractivity contribution in [3.8, 4) is 0 Å². The van der Waals surface area contributed by atoms with Crippen molar-refractivity contribution in [1.82, 2.24) is 29.2 Å². The second-order valence-electron chi connectivity index (χ2n) is 9.40. The summed E-state index contributed by atoms with van der Waals surface area (Å²) in [7, 11) is 0. The smallest absolute Gasteiger partial charge is 0.271 e. The van der Waals surface area contributed by atoms with E-state index in [1.165, 1.54) is 0 Å². The van der Waals surface area contributed by atoms with E-state index in [4.69, 9.17) is 34.7 Å². The predicted molar refractivity (Wildman–Crippen MR) is 142 cm³/mol. The number of primary amides is 1. The highest BCUT2D eigenvalue weighted by Crippen LogP contribution is 2.30. The summed E-state index contributed by atoms with van der Waals surface area (Å²) in [4.78, 5) is 44.1. The van der Waals surface area contributed by atoms with Crippen LogP contribution < -0.4 is 16.4 Å². The quantitative estimate of drug-likeness (QED) is 0.465. The summed E-state index contributed by atoms with van der Waals surface area (Å²) in [5.74, 6) is -0.332.